The Balaban J connectivity index is 2.86. The van der Waals surface area contributed by atoms with Crippen LogP contribution in [0.3, 0.4) is 0 Å². The summed E-state index contributed by atoms with van der Waals surface area (Å²) in [4.78, 5) is 17.1. The predicted molar refractivity (Wildman–Crippen MR) is 67.2 cm³/mol. The number of nitrogens with two attached hydrogens (primary N) is 2. The van der Waals surface area contributed by atoms with Gasteiger partial charge in [0.2, 0.25) is 5.91 Å². The normalized spacial score (nSPS) is 9.81. The van der Waals surface area contributed by atoms with Gasteiger partial charge in [0, 0.05) is 18.3 Å². The van der Waals surface area contributed by atoms with Crippen LogP contribution in [0, 0.1) is 0 Å². The van der Waals surface area contributed by atoms with Crippen molar-refractivity contribution in [3.63, 3.8) is 0 Å². The van der Waals surface area contributed by atoms with Crippen LogP contribution in [0.15, 0.2) is 18.3 Å². The molecule has 0 spiro atoms. The molecular formula is C10H14N4OS. The maximum atomic E-state index is 10.8. The van der Waals surface area contributed by atoms with Crippen LogP contribution in [0.5, 0.6) is 0 Å². The third kappa shape index (κ3) is 3.16. The lowest BCUT2D eigenvalue weighted by Crippen LogP contribution is -2.34. The SMILES string of the molecule is CCN(CC(N)=O)c1ccc(C(N)=S)cn1. The molecule has 1 heterocycles. The van der Waals surface area contributed by atoms with E-state index in [1.807, 2.05) is 6.92 Å². The minimum absolute atomic E-state index is 0.149. The first-order valence-corrected chi connectivity index (χ1v) is 5.24. The number of pyridine rings is 1. The number of likely N-dealkylation sites (N-methyl/N-ethyl adjacent to an activating group) is 1. The highest BCUT2D eigenvalue weighted by Crippen LogP contribution is 2.10. The van der Waals surface area contributed by atoms with Gasteiger partial charge >= 0.3 is 0 Å². The molecule has 0 atom stereocenters. The molecule has 0 aliphatic rings. The van der Waals surface area contributed by atoms with Crippen LogP contribution in [0.4, 0.5) is 5.82 Å². The van der Waals surface area contributed by atoms with Gasteiger partial charge in [0.15, 0.2) is 0 Å². The average Bonchev–Trinajstić information content (AvgIpc) is 2.25. The molecule has 0 radical (unpaired) electrons. The van der Waals surface area contributed by atoms with Crippen LogP contribution in [-0.4, -0.2) is 29.0 Å². The third-order valence-corrected chi connectivity index (χ3v) is 2.32. The second-order valence-electron chi connectivity index (χ2n) is 3.25. The molecule has 6 heteroatoms. The number of hydrogen-bond donors (Lipinski definition) is 2. The topological polar surface area (TPSA) is 85.2 Å². The molecule has 4 N–H and O–H groups in total. The van der Waals surface area contributed by atoms with E-state index in [4.69, 9.17) is 23.7 Å². The molecule has 0 aliphatic heterocycles. The molecule has 1 rings (SSSR count). The average molecular weight is 238 g/mol. The fraction of sp³-hybridized carbons (Fsp3) is 0.300. The molecule has 16 heavy (non-hydrogen) atoms. The zero-order valence-corrected chi connectivity index (χ0v) is 9.83. The highest BCUT2D eigenvalue weighted by molar-refractivity contribution is 7.80. The van der Waals surface area contributed by atoms with Crippen molar-refractivity contribution < 1.29 is 4.79 Å². The molecule has 0 fully saturated rings. The number of amides is 1. The Morgan fingerprint density at radius 3 is 2.56 bits per heavy atom. The summed E-state index contributed by atoms with van der Waals surface area (Å²) in [6.45, 7) is 2.73. The van der Waals surface area contributed by atoms with Gasteiger partial charge in [-0.1, -0.05) is 12.2 Å². The number of carbonyl (C=O) groups is 1. The Bertz CT molecular complexity index is 390. The van der Waals surface area contributed by atoms with Crippen LogP contribution in [0.2, 0.25) is 0 Å². The van der Waals surface area contributed by atoms with E-state index in [1.165, 1.54) is 0 Å². The molecule has 86 valence electrons. The summed E-state index contributed by atoms with van der Waals surface area (Å²) in [6.07, 6.45) is 1.58. The largest absolute Gasteiger partial charge is 0.389 e. The maximum Gasteiger partial charge on any atom is 0.236 e. The molecular weight excluding hydrogens is 224 g/mol. The summed E-state index contributed by atoms with van der Waals surface area (Å²) in [5.41, 5.74) is 11.3. The number of carbonyl (C=O) groups excluding carboxylic acids is 1. The van der Waals surface area contributed by atoms with Crippen molar-refractivity contribution in [3.8, 4) is 0 Å². The van der Waals surface area contributed by atoms with Gasteiger partial charge in [-0.3, -0.25) is 4.79 Å². The molecule has 1 amide bonds. The van der Waals surface area contributed by atoms with Crippen LogP contribution >= 0.6 is 12.2 Å². The van der Waals surface area contributed by atoms with E-state index >= 15 is 0 Å². The Morgan fingerprint density at radius 2 is 2.19 bits per heavy atom. The minimum Gasteiger partial charge on any atom is -0.389 e. The Kier molecular flexibility index (Phi) is 4.19. The van der Waals surface area contributed by atoms with Crippen molar-refractivity contribution in [1.82, 2.24) is 4.98 Å². The van der Waals surface area contributed by atoms with Crippen LogP contribution in [0.25, 0.3) is 0 Å². The third-order valence-electron chi connectivity index (χ3n) is 2.08. The first kappa shape index (κ1) is 12.4. The van der Waals surface area contributed by atoms with E-state index < -0.39 is 0 Å². The predicted octanol–water partition coefficient (Wildman–Crippen LogP) is 0.0274. The van der Waals surface area contributed by atoms with E-state index in [2.05, 4.69) is 4.98 Å². The lowest BCUT2D eigenvalue weighted by Gasteiger charge is -2.19. The van der Waals surface area contributed by atoms with E-state index in [0.29, 0.717) is 22.9 Å². The summed E-state index contributed by atoms with van der Waals surface area (Å²) in [6, 6.07) is 3.54. The Labute approximate surface area is 99.4 Å². The highest BCUT2D eigenvalue weighted by Gasteiger charge is 2.08. The first-order chi connectivity index (χ1) is 7.54. The van der Waals surface area contributed by atoms with Crippen molar-refractivity contribution in [1.29, 1.82) is 0 Å². The van der Waals surface area contributed by atoms with Gasteiger partial charge in [0.1, 0.15) is 10.8 Å². The standard InChI is InChI=1S/C10H14N4OS/c1-2-14(6-8(11)15)9-4-3-7(5-13-9)10(12)16/h3-5H,2,6H2,1H3,(H2,11,15)(H2,12,16). The Hall–Kier alpha value is -1.69. The van der Waals surface area contributed by atoms with Crippen molar-refractivity contribution in [2.45, 2.75) is 6.92 Å². The summed E-state index contributed by atoms with van der Waals surface area (Å²) in [5.74, 6) is 0.295. The maximum absolute atomic E-state index is 10.8. The van der Waals surface area contributed by atoms with Crippen molar-refractivity contribution in [3.05, 3.63) is 23.9 Å². The number of nitrogens with zero attached hydrogens (tertiary/aromatic N) is 2. The monoisotopic (exact) mass is 238 g/mol. The zero-order chi connectivity index (χ0) is 12.1. The summed E-state index contributed by atoms with van der Waals surface area (Å²) >= 11 is 4.82. The molecule has 0 aliphatic carbocycles. The molecule has 0 saturated heterocycles. The van der Waals surface area contributed by atoms with Crippen molar-refractivity contribution >= 4 is 28.9 Å². The highest BCUT2D eigenvalue weighted by atomic mass is 32.1. The molecule has 1 aromatic heterocycles. The zero-order valence-electron chi connectivity index (χ0n) is 9.01. The van der Waals surface area contributed by atoms with Gasteiger partial charge in [0.25, 0.3) is 0 Å². The van der Waals surface area contributed by atoms with E-state index in [-0.39, 0.29) is 12.5 Å². The van der Waals surface area contributed by atoms with Crippen molar-refractivity contribution in [2.75, 3.05) is 18.0 Å². The molecule has 1 aromatic rings. The Morgan fingerprint density at radius 1 is 1.50 bits per heavy atom. The van der Waals surface area contributed by atoms with Gasteiger partial charge < -0.3 is 16.4 Å². The van der Waals surface area contributed by atoms with Gasteiger partial charge in [-0.2, -0.15) is 0 Å². The van der Waals surface area contributed by atoms with Gasteiger partial charge in [-0.05, 0) is 19.1 Å². The summed E-state index contributed by atoms with van der Waals surface area (Å²) in [7, 11) is 0. The van der Waals surface area contributed by atoms with E-state index in [1.54, 1.807) is 23.2 Å². The second-order valence-corrected chi connectivity index (χ2v) is 3.69. The van der Waals surface area contributed by atoms with E-state index in [9.17, 15) is 4.79 Å². The second kappa shape index (κ2) is 5.41. The van der Waals surface area contributed by atoms with Crippen LogP contribution < -0.4 is 16.4 Å². The van der Waals surface area contributed by atoms with Crippen molar-refractivity contribution in [2.24, 2.45) is 11.5 Å². The lowest BCUT2D eigenvalue weighted by atomic mass is 10.3. The molecule has 0 unspecified atom stereocenters. The molecule has 0 bridgehead atoms. The van der Waals surface area contributed by atoms with Crippen LogP contribution in [0.1, 0.15) is 12.5 Å². The summed E-state index contributed by atoms with van der Waals surface area (Å²) < 4.78 is 0. The minimum atomic E-state index is -0.387. The lowest BCUT2D eigenvalue weighted by molar-refractivity contribution is -0.116. The number of primary amides is 1. The van der Waals surface area contributed by atoms with Gasteiger partial charge in [-0.15, -0.1) is 0 Å². The van der Waals surface area contributed by atoms with Crippen LogP contribution in [-0.2, 0) is 4.79 Å². The fourth-order valence-corrected chi connectivity index (χ4v) is 1.38. The number of aromatic nitrogens is 1. The molecule has 0 aromatic carbocycles. The van der Waals surface area contributed by atoms with Gasteiger partial charge in [-0.25, -0.2) is 4.98 Å². The number of rotatable bonds is 5. The smallest absolute Gasteiger partial charge is 0.236 e. The number of anilines is 1. The molecule has 0 saturated carbocycles. The van der Waals surface area contributed by atoms with E-state index in [0.717, 1.165) is 0 Å². The number of thiocarbonyl (C=S) groups is 1. The molecule has 5 nitrogen and oxygen atoms in total. The quantitative estimate of drug-likeness (QED) is 0.707. The number of hydrogen-bond acceptors (Lipinski definition) is 4. The first-order valence-electron chi connectivity index (χ1n) is 4.83. The summed E-state index contributed by atoms with van der Waals surface area (Å²) in [5, 5.41) is 0. The van der Waals surface area contributed by atoms with Gasteiger partial charge in [0.05, 0.1) is 6.54 Å². The fourth-order valence-electron chi connectivity index (χ4n) is 1.26.